The molecule has 1 atom stereocenters. The Bertz CT molecular complexity index is 568. The zero-order chi connectivity index (χ0) is 14.5. The van der Waals surface area contributed by atoms with Crippen molar-refractivity contribution in [3.63, 3.8) is 0 Å². The summed E-state index contributed by atoms with van der Waals surface area (Å²) < 4.78 is 8.36. The Morgan fingerprint density at radius 3 is 2.85 bits per heavy atom. The molecule has 1 aromatic heterocycles. The van der Waals surface area contributed by atoms with Crippen LogP contribution in [0.5, 0.6) is 5.75 Å². The molecule has 0 aliphatic rings. The van der Waals surface area contributed by atoms with Crippen molar-refractivity contribution in [1.82, 2.24) is 15.1 Å². The highest BCUT2D eigenvalue weighted by molar-refractivity contribution is 9.10. The second-order valence-electron chi connectivity index (χ2n) is 4.46. The fraction of sp³-hybridized carbons (Fsp3) is 0.400. The first-order chi connectivity index (χ1) is 9.71. The topological polar surface area (TPSA) is 39.1 Å². The largest absolute Gasteiger partial charge is 0.497 e. The Morgan fingerprint density at radius 2 is 2.20 bits per heavy atom. The summed E-state index contributed by atoms with van der Waals surface area (Å²) in [6, 6.07) is 8.23. The molecule has 1 N–H and O–H groups in total. The van der Waals surface area contributed by atoms with Gasteiger partial charge in [-0.2, -0.15) is 5.10 Å². The molecule has 4 nitrogen and oxygen atoms in total. The zero-order valence-corrected chi connectivity index (χ0v) is 13.6. The maximum absolute atomic E-state index is 5.33. The van der Waals surface area contributed by atoms with E-state index in [4.69, 9.17) is 4.74 Å². The van der Waals surface area contributed by atoms with Crippen LogP contribution in [0.2, 0.25) is 0 Å². The number of benzene rings is 1. The van der Waals surface area contributed by atoms with Crippen molar-refractivity contribution in [2.45, 2.75) is 26.4 Å². The monoisotopic (exact) mass is 337 g/mol. The van der Waals surface area contributed by atoms with Crippen LogP contribution in [0, 0.1) is 0 Å². The summed E-state index contributed by atoms with van der Waals surface area (Å²) in [7, 11) is 1.69. The quantitative estimate of drug-likeness (QED) is 0.878. The first kappa shape index (κ1) is 15.1. The molecule has 20 heavy (non-hydrogen) atoms. The van der Waals surface area contributed by atoms with E-state index in [0.29, 0.717) is 0 Å². The van der Waals surface area contributed by atoms with Gasteiger partial charge in [-0.15, -0.1) is 0 Å². The van der Waals surface area contributed by atoms with E-state index in [0.717, 1.165) is 29.0 Å². The van der Waals surface area contributed by atoms with Crippen LogP contribution >= 0.6 is 15.9 Å². The van der Waals surface area contributed by atoms with Gasteiger partial charge in [0.2, 0.25) is 0 Å². The summed E-state index contributed by atoms with van der Waals surface area (Å²) in [6.45, 7) is 5.92. The number of nitrogens with zero attached hydrogens (tertiary/aromatic N) is 2. The van der Waals surface area contributed by atoms with Gasteiger partial charge in [0.05, 0.1) is 29.5 Å². The summed E-state index contributed by atoms with van der Waals surface area (Å²) in [5, 5.41) is 7.93. The number of aryl methyl sites for hydroxylation is 1. The minimum absolute atomic E-state index is 0.0897. The molecule has 2 rings (SSSR count). The Kier molecular flexibility index (Phi) is 5.20. The molecule has 0 radical (unpaired) electrons. The number of hydrogen-bond donors (Lipinski definition) is 1. The highest BCUT2D eigenvalue weighted by Crippen LogP contribution is 2.30. The SMILES string of the molecule is CCNC(c1cccc(OC)c1)c1c(Br)cnn1CC. The molecule has 1 unspecified atom stereocenters. The second kappa shape index (κ2) is 6.90. The number of aromatic nitrogens is 2. The minimum atomic E-state index is 0.0897. The Hall–Kier alpha value is -1.33. The third-order valence-electron chi connectivity index (χ3n) is 3.24. The lowest BCUT2D eigenvalue weighted by atomic mass is 10.0. The van der Waals surface area contributed by atoms with Crippen LogP contribution in [0.3, 0.4) is 0 Å². The summed E-state index contributed by atoms with van der Waals surface area (Å²) in [4.78, 5) is 0. The van der Waals surface area contributed by atoms with Crippen molar-refractivity contribution in [2.75, 3.05) is 13.7 Å². The van der Waals surface area contributed by atoms with Crippen molar-refractivity contribution >= 4 is 15.9 Å². The van der Waals surface area contributed by atoms with Gasteiger partial charge in [-0.25, -0.2) is 0 Å². The summed E-state index contributed by atoms with van der Waals surface area (Å²) in [6.07, 6.45) is 1.85. The lowest BCUT2D eigenvalue weighted by molar-refractivity contribution is 0.413. The fourth-order valence-electron chi connectivity index (χ4n) is 2.31. The number of halogens is 1. The van der Waals surface area contributed by atoms with Gasteiger partial charge in [0.25, 0.3) is 0 Å². The van der Waals surface area contributed by atoms with E-state index in [1.54, 1.807) is 7.11 Å². The maximum atomic E-state index is 5.33. The number of hydrogen-bond acceptors (Lipinski definition) is 3. The van der Waals surface area contributed by atoms with E-state index in [1.165, 1.54) is 5.56 Å². The summed E-state index contributed by atoms with van der Waals surface area (Å²) >= 11 is 3.61. The first-order valence-corrected chi connectivity index (χ1v) is 7.59. The van der Waals surface area contributed by atoms with Gasteiger partial charge in [0.1, 0.15) is 5.75 Å². The summed E-state index contributed by atoms with van der Waals surface area (Å²) in [5.41, 5.74) is 2.31. The van der Waals surface area contributed by atoms with Crippen molar-refractivity contribution < 1.29 is 4.74 Å². The number of rotatable bonds is 6. The third-order valence-corrected chi connectivity index (χ3v) is 3.85. The van der Waals surface area contributed by atoms with Crippen LogP contribution < -0.4 is 10.1 Å². The lowest BCUT2D eigenvalue weighted by Gasteiger charge is -2.21. The Balaban J connectivity index is 2.47. The molecule has 0 aliphatic carbocycles. The van der Waals surface area contributed by atoms with Crippen molar-refractivity contribution in [3.05, 3.63) is 46.2 Å². The van der Waals surface area contributed by atoms with Crippen LogP contribution in [-0.4, -0.2) is 23.4 Å². The van der Waals surface area contributed by atoms with Crippen LogP contribution in [0.4, 0.5) is 0 Å². The van der Waals surface area contributed by atoms with E-state index in [1.807, 2.05) is 23.0 Å². The third kappa shape index (κ3) is 3.04. The van der Waals surface area contributed by atoms with E-state index < -0.39 is 0 Å². The number of methoxy groups -OCH3 is 1. The molecule has 108 valence electrons. The van der Waals surface area contributed by atoms with E-state index in [-0.39, 0.29) is 6.04 Å². The minimum Gasteiger partial charge on any atom is -0.497 e. The lowest BCUT2D eigenvalue weighted by Crippen LogP contribution is -2.25. The van der Waals surface area contributed by atoms with Crippen LogP contribution in [0.25, 0.3) is 0 Å². The van der Waals surface area contributed by atoms with Crippen LogP contribution in [-0.2, 0) is 6.54 Å². The van der Waals surface area contributed by atoms with Crippen molar-refractivity contribution in [3.8, 4) is 5.75 Å². The average Bonchev–Trinajstić information content (AvgIpc) is 2.85. The zero-order valence-electron chi connectivity index (χ0n) is 12.1. The average molecular weight is 338 g/mol. The molecule has 0 spiro atoms. The highest BCUT2D eigenvalue weighted by atomic mass is 79.9. The van der Waals surface area contributed by atoms with Crippen molar-refractivity contribution in [2.24, 2.45) is 0 Å². The molecule has 1 heterocycles. The smallest absolute Gasteiger partial charge is 0.119 e. The molecule has 0 saturated heterocycles. The predicted octanol–water partition coefficient (Wildman–Crippen LogP) is 3.37. The van der Waals surface area contributed by atoms with Gasteiger partial charge in [0.15, 0.2) is 0 Å². The fourth-order valence-corrected chi connectivity index (χ4v) is 2.83. The van der Waals surface area contributed by atoms with Crippen LogP contribution in [0.15, 0.2) is 34.9 Å². The molecule has 2 aromatic rings. The first-order valence-electron chi connectivity index (χ1n) is 6.79. The Morgan fingerprint density at radius 1 is 1.40 bits per heavy atom. The molecule has 5 heteroatoms. The molecule has 0 bridgehead atoms. The van der Waals surface area contributed by atoms with E-state index in [2.05, 4.69) is 52.3 Å². The van der Waals surface area contributed by atoms with Gasteiger partial charge in [-0.3, -0.25) is 4.68 Å². The van der Waals surface area contributed by atoms with Gasteiger partial charge in [-0.1, -0.05) is 19.1 Å². The van der Waals surface area contributed by atoms with Gasteiger partial charge >= 0.3 is 0 Å². The van der Waals surface area contributed by atoms with Gasteiger partial charge < -0.3 is 10.1 Å². The van der Waals surface area contributed by atoms with Crippen molar-refractivity contribution in [1.29, 1.82) is 0 Å². The normalized spacial score (nSPS) is 12.4. The maximum Gasteiger partial charge on any atom is 0.119 e. The molecule has 0 fully saturated rings. The summed E-state index contributed by atoms with van der Waals surface area (Å²) in [5.74, 6) is 0.865. The number of nitrogens with one attached hydrogen (secondary N) is 1. The number of ether oxygens (including phenoxy) is 1. The van der Waals surface area contributed by atoms with Crippen LogP contribution in [0.1, 0.15) is 31.1 Å². The van der Waals surface area contributed by atoms with Gasteiger partial charge in [-0.05, 0) is 47.1 Å². The predicted molar refractivity (Wildman–Crippen MR) is 84.1 cm³/mol. The highest BCUT2D eigenvalue weighted by Gasteiger charge is 2.21. The molecule has 0 amide bonds. The molecule has 0 saturated carbocycles. The van der Waals surface area contributed by atoms with E-state index >= 15 is 0 Å². The van der Waals surface area contributed by atoms with E-state index in [9.17, 15) is 0 Å². The van der Waals surface area contributed by atoms with Gasteiger partial charge in [0, 0.05) is 6.54 Å². The molecule has 1 aromatic carbocycles. The molecular weight excluding hydrogens is 318 g/mol. The standard InChI is InChI=1S/C15H20BrN3O/c1-4-17-14(11-7-6-8-12(9-11)20-3)15-13(16)10-18-19(15)5-2/h6-10,14,17H,4-5H2,1-3H3. The molecular formula is C15H20BrN3O. The second-order valence-corrected chi connectivity index (χ2v) is 5.32. The molecule has 0 aliphatic heterocycles. The Labute approximate surface area is 128 Å².